The van der Waals surface area contributed by atoms with E-state index in [-0.39, 0.29) is 35.7 Å². The number of nitrogens with one attached hydrogen (secondary N) is 2. The number of sulfone groups is 1. The average Bonchev–Trinajstić information content (AvgIpc) is 2.99. The Hall–Kier alpha value is -3.22. The lowest BCUT2D eigenvalue weighted by Crippen LogP contribution is -2.58. The van der Waals surface area contributed by atoms with Gasteiger partial charge in [0.15, 0.2) is 9.84 Å². The van der Waals surface area contributed by atoms with Gasteiger partial charge in [0.1, 0.15) is 11.9 Å². The van der Waals surface area contributed by atoms with Gasteiger partial charge in [-0.3, -0.25) is 0 Å². The molecule has 0 aliphatic carbocycles. The Kier molecular flexibility index (Phi) is 11.8. The molecule has 2 aliphatic heterocycles. The Morgan fingerprint density at radius 1 is 1.09 bits per heavy atom. The van der Waals surface area contributed by atoms with Gasteiger partial charge < -0.3 is 30.3 Å². The Labute approximate surface area is 254 Å². The largest absolute Gasteiger partial charge is 0.480 e. The zero-order chi connectivity index (χ0) is 30.8. The van der Waals surface area contributed by atoms with Crippen LogP contribution in [0.5, 0.6) is 0 Å². The van der Waals surface area contributed by atoms with Gasteiger partial charge in [-0.15, -0.1) is 0 Å². The van der Waals surface area contributed by atoms with E-state index in [0.29, 0.717) is 26.3 Å². The van der Waals surface area contributed by atoms with Crippen LogP contribution in [0.15, 0.2) is 47.4 Å². The number of rotatable bonds is 14. The van der Waals surface area contributed by atoms with Crippen LogP contribution in [0.1, 0.15) is 50.8 Å². The molecule has 3 heterocycles. The van der Waals surface area contributed by atoms with Crippen LogP contribution in [-0.4, -0.2) is 104 Å². The van der Waals surface area contributed by atoms with Gasteiger partial charge >= 0.3 is 12.0 Å². The highest BCUT2D eigenvalue weighted by molar-refractivity contribution is 7.91. The van der Waals surface area contributed by atoms with E-state index < -0.39 is 27.9 Å². The van der Waals surface area contributed by atoms with Crippen molar-refractivity contribution in [1.29, 1.82) is 0 Å². The molecule has 0 radical (unpaired) electrons. The maximum absolute atomic E-state index is 13.0. The Balaban J connectivity index is 1.36. The number of carbonyl (C=O) groups excluding carboxylic acids is 1. The number of pyridine rings is 1. The van der Waals surface area contributed by atoms with E-state index in [9.17, 15) is 23.1 Å². The summed E-state index contributed by atoms with van der Waals surface area (Å²) >= 11 is 0. The second-order valence-corrected chi connectivity index (χ2v) is 13.7. The molecule has 2 aromatic rings. The van der Waals surface area contributed by atoms with Crippen molar-refractivity contribution in [3.05, 3.63) is 53.7 Å². The first-order valence-electron chi connectivity index (χ1n) is 15.3. The summed E-state index contributed by atoms with van der Waals surface area (Å²) in [5.74, 6) is -0.230. The summed E-state index contributed by atoms with van der Waals surface area (Å²) < 4.78 is 31.5. The molecule has 0 spiro atoms. The van der Waals surface area contributed by atoms with Crippen molar-refractivity contribution in [1.82, 2.24) is 20.1 Å². The Bertz CT molecular complexity index is 1320. The number of carbonyl (C=O) groups is 2. The number of carboxylic acids is 1. The molecule has 2 aliphatic rings. The monoisotopic (exact) mass is 615 g/mol. The number of aryl methyl sites for hydroxylation is 2. The first kappa shape index (κ1) is 32.7. The number of urea groups is 1. The second-order valence-electron chi connectivity index (χ2n) is 11.5. The molecule has 1 aromatic carbocycles. The minimum atomic E-state index is -3.50. The zero-order valence-electron chi connectivity index (χ0n) is 25.2. The second kappa shape index (κ2) is 15.5. The van der Waals surface area contributed by atoms with Crippen molar-refractivity contribution in [2.75, 3.05) is 50.5 Å². The van der Waals surface area contributed by atoms with E-state index in [1.807, 2.05) is 18.7 Å². The maximum Gasteiger partial charge on any atom is 0.326 e. The molecule has 12 heteroatoms. The van der Waals surface area contributed by atoms with Gasteiger partial charge in [0.05, 0.1) is 35.9 Å². The highest BCUT2D eigenvalue weighted by Crippen LogP contribution is 2.20. The summed E-state index contributed by atoms with van der Waals surface area (Å²) in [6.45, 7) is 6.67. The normalized spacial score (nSPS) is 19.4. The van der Waals surface area contributed by atoms with Crippen LogP contribution in [0.2, 0.25) is 0 Å². The van der Waals surface area contributed by atoms with Crippen LogP contribution < -0.4 is 10.6 Å². The molecule has 3 N–H and O–H groups in total. The number of amides is 2. The zero-order valence-corrected chi connectivity index (χ0v) is 26.0. The fraction of sp³-hybridized carbons (Fsp3) is 0.581. The van der Waals surface area contributed by atoms with Crippen LogP contribution in [0.25, 0.3) is 0 Å². The Morgan fingerprint density at radius 2 is 1.84 bits per heavy atom. The van der Waals surface area contributed by atoms with Crippen molar-refractivity contribution in [3.8, 4) is 0 Å². The first-order chi connectivity index (χ1) is 20.6. The van der Waals surface area contributed by atoms with Crippen molar-refractivity contribution in [2.45, 2.75) is 75.4 Å². The highest BCUT2D eigenvalue weighted by Gasteiger charge is 2.32. The molecular formula is C31H45N5O6S. The number of hydrogen-bond acceptors (Lipinski definition) is 8. The van der Waals surface area contributed by atoms with Gasteiger partial charge in [-0.05, 0) is 82.7 Å². The number of benzene rings is 1. The Morgan fingerprint density at radius 3 is 2.56 bits per heavy atom. The van der Waals surface area contributed by atoms with Gasteiger partial charge in [-0.25, -0.2) is 23.0 Å². The van der Waals surface area contributed by atoms with Crippen LogP contribution >= 0.6 is 0 Å². The molecule has 3 atom stereocenters. The lowest BCUT2D eigenvalue weighted by Gasteiger charge is -2.39. The molecule has 0 bridgehead atoms. The number of ether oxygens (including phenoxy) is 1. The summed E-state index contributed by atoms with van der Waals surface area (Å²) in [4.78, 5) is 33.8. The number of anilines is 1. The van der Waals surface area contributed by atoms with E-state index in [1.54, 1.807) is 35.2 Å². The number of morpholine rings is 1. The molecule has 4 rings (SSSR count). The van der Waals surface area contributed by atoms with Crippen LogP contribution in [0.4, 0.5) is 10.6 Å². The molecule has 43 heavy (non-hydrogen) atoms. The molecule has 2 amide bonds. The van der Waals surface area contributed by atoms with Gasteiger partial charge in [0.2, 0.25) is 0 Å². The van der Waals surface area contributed by atoms with E-state index in [2.05, 4.69) is 22.8 Å². The van der Waals surface area contributed by atoms with Crippen LogP contribution in [0, 0.1) is 0 Å². The third kappa shape index (κ3) is 9.38. The number of carboxylic acid groups (broad SMARTS) is 1. The van der Waals surface area contributed by atoms with Crippen molar-refractivity contribution in [2.24, 2.45) is 0 Å². The SMILES string of the molecule is C[C@@H]1COC[C@H](C)N1C(=O)N[C@@H](CCN(CCCCc1ccc2c(n1)NCCC2)CCS(=O)(=O)c1ccccc1)C(=O)O. The topological polar surface area (TPSA) is 141 Å². The summed E-state index contributed by atoms with van der Waals surface area (Å²) in [6, 6.07) is 10.7. The van der Waals surface area contributed by atoms with Gasteiger partial charge in [-0.1, -0.05) is 24.3 Å². The van der Waals surface area contributed by atoms with Gasteiger partial charge in [-0.2, -0.15) is 0 Å². The highest BCUT2D eigenvalue weighted by atomic mass is 32.2. The first-order valence-corrected chi connectivity index (χ1v) is 16.9. The lowest BCUT2D eigenvalue weighted by molar-refractivity contribution is -0.139. The molecule has 0 saturated carbocycles. The number of aliphatic carboxylic acids is 1. The minimum absolute atomic E-state index is 0.0814. The molecule has 1 fully saturated rings. The third-order valence-corrected chi connectivity index (χ3v) is 9.83. The quantitative estimate of drug-likeness (QED) is 0.273. The molecule has 11 nitrogen and oxygen atoms in total. The summed E-state index contributed by atoms with van der Waals surface area (Å²) in [6.07, 6.45) is 4.76. The average molecular weight is 616 g/mol. The van der Waals surface area contributed by atoms with Crippen LogP contribution in [0.3, 0.4) is 0 Å². The van der Waals surface area contributed by atoms with Gasteiger partial charge in [0, 0.05) is 25.3 Å². The number of fused-ring (bicyclic) bond motifs is 1. The summed E-state index contributed by atoms with van der Waals surface area (Å²) in [5, 5.41) is 16.0. The standard InChI is InChI=1S/C31H45N5O6S/c1-23-21-42-22-24(2)36(23)31(39)34-28(30(37)38)15-18-35(19-20-43(40,41)27-11-4-3-5-12-27)17-7-6-10-26-14-13-25-9-8-16-32-29(25)33-26/h3-5,11-14,23-24,28H,6-10,15-22H2,1-2H3,(H,32,33)(H,34,39)(H,37,38)/t23-,24+,28-/m0/s1. The molecule has 0 unspecified atom stereocenters. The molecule has 1 aromatic heterocycles. The smallest absolute Gasteiger partial charge is 0.326 e. The van der Waals surface area contributed by atoms with Crippen molar-refractivity contribution < 1.29 is 27.9 Å². The van der Waals surface area contributed by atoms with Gasteiger partial charge in [0.25, 0.3) is 0 Å². The molecule has 236 valence electrons. The van der Waals surface area contributed by atoms with E-state index >= 15 is 0 Å². The summed E-state index contributed by atoms with van der Waals surface area (Å²) in [5.41, 5.74) is 2.27. The third-order valence-electron chi connectivity index (χ3n) is 8.12. The van der Waals surface area contributed by atoms with Crippen molar-refractivity contribution in [3.63, 3.8) is 0 Å². The van der Waals surface area contributed by atoms with E-state index in [1.165, 1.54) is 5.56 Å². The number of nitrogens with zero attached hydrogens (tertiary/aromatic N) is 3. The van der Waals surface area contributed by atoms with E-state index in [0.717, 1.165) is 50.2 Å². The minimum Gasteiger partial charge on any atom is -0.480 e. The van der Waals surface area contributed by atoms with Crippen LogP contribution in [-0.2, 0) is 32.2 Å². The maximum atomic E-state index is 13.0. The molecular weight excluding hydrogens is 570 g/mol. The predicted molar refractivity (Wildman–Crippen MR) is 165 cm³/mol. The number of unbranched alkanes of at least 4 members (excludes halogenated alkanes) is 1. The van der Waals surface area contributed by atoms with E-state index in [4.69, 9.17) is 9.72 Å². The summed E-state index contributed by atoms with van der Waals surface area (Å²) in [7, 11) is -3.50. The fourth-order valence-corrected chi connectivity index (χ4v) is 6.98. The number of aromatic nitrogens is 1. The predicted octanol–water partition coefficient (Wildman–Crippen LogP) is 3.20. The van der Waals surface area contributed by atoms with Crippen molar-refractivity contribution >= 4 is 27.7 Å². The number of hydrogen-bond donors (Lipinski definition) is 3. The molecule has 1 saturated heterocycles. The fourth-order valence-electron chi connectivity index (χ4n) is 5.68. The lowest BCUT2D eigenvalue weighted by atomic mass is 10.1.